The van der Waals surface area contributed by atoms with Crippen LogP contribution >= 0.6 is 0 Å². The second-order valence-electron chi connectivity index (χ2n) is 4.76. The van der Waals surface area contributed by atoms with E-state index in [1.54, 1.807) is 6.08 Å². The maximum absolute atomic E-state index is 11.1. The second kappa shape index (κ2) is 11.2. The van der Waals surface area contributed by atoms with Crippen LogP contribution in [0.25, 0.3) is 0 Å². The summed E-state index contributed by atoms with van der Waals surface area (Å²) >= 11 is 0. The van der Waals surface area contributed by atoms with Crippen LogP contribution in [0.5, 0.6) is 0 Å². The van der Waals surface area contributed by atoms with Gasteiger partial charge in [-0.2, -0.15) is 0 Å². The number of esters is 2. The summed E-state index contributed by atoms with van der Waals surface area (Å²) in [7, 11) is 0. The van der Waals surface area contributed by atoms with E-state index in [0.717, 1.165) is 12.8 Å². The molecular formula is C17H24O6. The number of allylic oxidation sites excluding steroid dienone is 1. The van der Waals surface area contributed by atoms with Gasteiger partial charge in [-0.05, 0) is 25.7 Å². The average molecular weight is 324 g/mol. The molecule has 0 unspecified atom stereocenters. The quantitative estimate of drug-likeness (QED) is 0.419. The predicted octanol–water partition coefficient (Wildman–Crippen LogP) is 2.80. The van der Waals surface area contributed by atoms with Gasteiger partial charge in [0.05, 0.1) is 0 Å². The Morgan fingerprint density at radius 1 is 1.04 bits per heavy atom. The molecule has 6 nitrogen and oxygen atoms in total. The molecule has 0 aromatic carbocycles. The zero-order valence-electron chi connectivity index (χ0n) is 13.7. The van der Waals surface area contributed by atoms with Crippen LogP contribution < -0.4 is 0 Å². The van der Waals surface area contributed by atoms with Gasteiger partial charge >= 0.3 is 17.9 Å². The maximum atomic E-state index is 11.1. The minimum absolute atomic E-state index is 0.0422. The zero-order valence-corrected chi connectivity index (χ0v) is 13.7. The van der Waals surface area contributed by atoms with Crippen LogP contribution in [0.4, 0.5) is 0 Å². The fourth-order valence-corrected chi connectivity index (χ4v) is 1.24. The van der Waals surface area contributed by atoms with E-state index in [1.807, 2.05) is 13.8 Å². The van der Waals surface area contributed by atoms with E-state index in [0.29, 0.717) is 29.6 Å². The van der Waals surface area contributed by atoms with Crippen molar-refractivity contribution in [3.63, 3.8) is 0 Å². The van der Waals surface area contributed by atoms with Crippen molar-refractivity contribution >= 4 is 17.9 Å². The van der Waals surface area contributed by atoms with Gasteiger partial charge in [-0.3, -0.25) is 0 Å². The average Bonchev–Trinajstić information content (AvgIpc) is 2.47. The van der Waals surface area contributed by atoms with Crippen molar-refractivity contribution in [2.75, 3.05) is 13.2 Å². The Kier molecular flexibility index (Phi) is 10.1. The van der Waals surface area contributed by atoms with E-state index < -0.39 is 17.9 Å². The van der Waals surface area contributed by atoms with Crippen LogP contribution in [0.1, 0.15) is 39.5 Å². The van der Waals surface area contributed by atoms with E-state index in [9.17, 15) is 14.4 Å². The van der Waals surface area contributed by atoms with Crippen molar-refractivity contribution in [3.8, 4) is 0 Å². The molecule has 0 atom stereocenters. The first-order valence-corrected chi connectivity index (χ1v) is 7.45. The molecular weight excluding hydrogens is 300 g/mol. The highest BCUT2D eigenvalue weighted by atomic mass is 16.6. The van der Waals surface area contributed by atoms with Crippen LogP contribution in [-0.2, 0) is 23.9 Å². The minimum atomic E-state index is -0.758. The third kappa shape index (κ3) is 8.60. The summed E-state index contributed by atoms with van der Waals surface area (Å²) in [6, 6.07) is 0. The smallest absolute Gasteiger partial charge is 0.333 e. The number of carbonyl (C=O) groups excluding carboxylic acids is 2. The van der Waals surface area contributed by atoms with Gasteiger partial charge in [-0.25, -0.2) is 14.4 Å². The highest BCUT2D eigenvalue weighted by Crippen LogP contribution is 2.16. The topological polar surface area (TPSA) is 89.9 Å². The Balaban J connectivity index is 0.000000568. The van der Waals surface area contributed by atoms with Crippen molar-refractivity contribution in [2.45, 2.75) is 39.5 Å². The number of hydrogen-bond donors (Lipinski definition) is 1. The second-order valence-corrected chi connectivity index (χ2v) is 4.76. The lowest BCUT2D eigenvalue weighted by Gasteiger charge is -2.07. The van der Waals surface area contributed by atoms with Gasteiger partial charge in [-0.15, -0.1) is 0 Å². The molecule has 1 rings (SSSR count). The first-order chi connectivity index (χ1) is 10.8. The minimum Gasteiger partial charge on any atom is -0.478 e. The molecule has 0 spiro atoms. The molecule has 0 radical (unpaired) electrons. The summed E-state index contributed by atoms with van der Waals surface area (Å²) in [6.45, 7) is 10.8. The highest BCUT2D eigenvalue weighted by molar-refractivity contribution is 5.88. The molecule has 0 aromatic heterocycles. The van der Waals surface area contributed by atoms with E-state index >= 15 is 0 Å². The van der Waals surface area contributed by atoms with Crippen LogP contribution in [0.3, 0.4) is 0 Å². The standard InChI is InChI=1S/C12H18O4.C5H6O2/c1-5-9(3)11(13)15-7-8-16-12(14)10(4)6-2;6-5(7)4-2-1-3-4/h3-8H2,1-2H3;2H,1,3H2,(H,6,7). The van der Waals surface area contributed by atoms with Crippen molar-refractivity contribution in [1.82, 2.24) is 0 Å². The summed E-state index contributed by atoms with van der Waals surface area (Å²) in [6.07, 6.45) is 4.54. The van der Waals surface area contributed by atoms with Gasteiger partial charge in [0.15, 0.2) is 0 Å². The molecule has 0 heterocycles. The highest BCUT2D eigenvalue weighted by Gasteiger charge is 2.11. The lowest BCUT2D eigenvalue weighted by molar-refractivity contribution is -0.147. The van der Waals surface area contributed by atoms with Gasteiger partial charge in [0.2, 0.25) is 0 Å². The number of hydrogen-bond acceptors (Lipinski definition) is 5. The summed E-state index contributed by atoms with van der Waals surface area (Å²) in [5.74, 6) is -1.66. The lowest BCUT2D eigenvalue weighted by Crippen LogP contribution is -2.15. The van der Waals surface area contributed by atoms with Gasteiger partial charge < -0.3 is 14.6 Å². The SMILES string of the molecule is C=C(CC)C(=O)OCCOC(=O)C(=C)CC.O=C(O)C1=CCC1. The molecule has 128 valence electrons. The monoisotopic (exact) mass is 324 g/mol. The lowest BCUT2D eigenvalue weighted by atomic mass is 10.00. The van der Waals surface area contributed by atoms with E-state index in [2.05, 4.69) is 13.2 Å². The van der Waals surface area contributed by atoms with Crippen LogP contribution in [-0.4, -0.2) is 36.2 Å². The Hall–Kier alpha value is -2.37. The Labute approximate surface area is 136 Å². The van der Waals surface area contributed by atoms with Crippen molar-refractivity contribution in [1.29, 1.82) is 0 Å². The van der Waals surface area contributed by atoms with Crippen LogP contribution in [0, 0.1) is 0 Å². The van der Waals surface area contributed by atoms with Crippen LogP contribution in [0.15, 0.2) is 36.0 Å². The first-order valence-electron chi connectivity index (χ1n) is 7.45. The fourth-order valence-electron chi connectivity index (χ4n) is 1.24. The molecule has 0 saturated carbocycles. The van der Waals surface area contributed by atoms with Crippen molar-refractivity contribution < 1.29 is 29.0 Å². The molecule has 1 aliphatic carbocycles. The van der Waals surface area contributed by atoms with E-state index in [4.69, 9.17) is 14.6 Å². The number of aliphatic carboxylic acids is 1. The number of carbonyl (C=O) groups is 3. The zero-order chi connectivity index (χ0) is 17.8. The van der Waals surface area contributed by atoms with Crippen LogP contribution in [0.2, 0.25) is 0 Å². The largest absolute Gasteiger partial charge is 0.478 e. The van der Waals surface area contributed by atoms with Crippen molar-refractivity contribution in [2.24, 2.45) is 0 Å². The molecule has 0 bridgehead atoms. The summed E-state index contributed by atoms with van der Waals surface area (Å²) in [5.41, 5.74) is 1.38. The Bertz CT molecular complexity index is 471. The molecule has 0 aliphatic heterocycles. The molecule has 6 heteroatoms. The van der Waals surface area contributed by atoms with Gasteiger partial charge in [0.25, 0.3) is 0 Å². The number of carboxylic acids is 1. The Morgan fingerprint density at radius 2 is 1.43 bits per heavy atom. The van der Waals surface area contributed by atoms with Crippen molar-refractivity contribution in [3.05, 3.63) is 36.0 Å². The van der Waals surface area contributed by atoms with Gasteiger partial charge in [0.1, 0.15) is 13.2 Å². The molecule has 0 fully saturated rings. The van der Waals surface area contributed by atoms with E-state index in [1.165, 1.54) is 0 Å². The third-order valence-corrected chi connectivity index (χ3v) is 3.06. The molecule has 0 amide bonds. The summed E-state index contributed by atoms with van der Waals surface area (Å²) in [4.78, 5) is 32.2. The Morgan fingerprint density at radius 3 is 1.61 bits per heavy atom. The van der Waals surface area contributed by atoms with Gasteiger partial charge in [-0.1, -0.05) is 33.1 Å². The number of rotatable bonds is 8. The predicted molar refractivity (Wildman–Crippen MR) is 85.7 cm³/mol. The normalized spacial score (nSPS) is 11.8. The summed E-state index contributed by atoms with van der Waals surface area (Å²) < 4.78 is 9.63. The fraction of sp³-hybridized carbons (Fsp3) is 0.471. The maximum Gasteiger partial charge on any atom is 0.333 e. The third-order valence-electron chi connectivity index (χ3n) is 3.06. The molecule has 23 heavy (non-hydrogen) atoms. The molecule has 1 aliphatic rings. The first kappa shape index (κ1) is 20.6. The van der Waals surface area contributed by atoms with Gasteiger partial charge in [0, 0.05) is 16.7 Å². The van der Waals surface area contributed by atoms with E-state index in [-0.39, 0.29) is 13.2 Å². The molecule has 0 aromatic rings. The number of carboxylic acid groups (broad SMARTS) is 1. The molecule has 1 N–H and O–H groups in total. The summed E-state index contributed by atoms with van der Waals surface area (Å²) in [5, 5.41) is 8.16. The molecule has 0 saturated heterocycles. The number of ether oxygens (including phenoxy) is 2.